The summed E-state index contributed by atoms with van der Waals surface area (Å²) in [6.45, 7) is 6.36. The number of para-hydroxylation sites is 1. The smallest absolute Gasteiger partial charge is 0.124 e. The summed E-state index contributed by atoms with van der Waals surface area (Å²) in [6.07, 6.45) is 0. The Hall–Kier alpha value is -1.59. The Labute approximate surface area is 121 Å². The minimum absolute atomic E-state index is 0.149. The van der Waals surface area contributed by atoms with Crippen molar-refractivity contribution in [3.05, 3.63) is 29.8 Å². The van der Waals surface area contributed by atoms with Crippen LogP contribution in [0.1, 0.15) is 5.56 Å². The van der Waals surface area contributed by atoms with Crippen LogP contribution in [0.2, 0.25) is 0 Å². The third-order valence-corrected chi connectivity index (χ3v) is 3.77. The Morgan fingerprint density at radius 3 is 2.45 bits per heavy atom. The lowest BCUT2D eigenvalue weighted by Gasteiger charge is -2.37. The lowest BCUT2D eigenvalue weighted by atomic mass is 10.1. The zero-order valence-electron chi connectivity index (χ0n) is 12.5. The average Bonchev–Trinajstić information content (AvgIpc) is 2.45. The van der Waals surface area contributed by atoms with Crippen LogP contribution in [-0.2, 0) is 0 Å². The van der Waals surface area contributed by atoms with Crippen molar-refractivity contribution in [2.45, 2.75) is 0 Å². The molecule has 1 saturated heterocycles. The van der Waals surface area contributed by atoms with E-state index in [1.807, 2.05) is 18.2 Å². The Balaban J connectivity index is 1.95. The monoisotopic (exact) mass is 275 g/mol. The Morgan fingerprint density at radius 1 is 1.20 bits per heavy atom. The lowest BCUT2D eigenvalue weighted by molar-refractivity contribution is 0.229. The standard InChI is InChI=1S/C15H25N5/c1-18(2)7-8-19-9-11-20(12-10-19)14-6-4-3-5-13(14)15(16)17/h3-6H,7-12H2,1-2H3,(H3,16,17). The summed E-state index contributed by atoms with van der Waals surface area (Å²) in [7, 11) is 4.22. The fourth-order valence-corrected chi connectivity index (χ4v) is 2.53. The Morgan fingerprint density at radius 2 is 1.85 bits per heavy atom. The van der Waals surface area contributed by atoms with Crippen LogP contribution in [0.3, 0.4) is 0 Å². The van der Waals surface area contributed by atoms with Crippen LogP contribution in [0.15, 0.2) is 24.3 Å². The van der Waals surface area contributed by atoms with Gasteiger partial charge in [-0.15, -0.1) is 0 Å². The van der Waals surface area contributed by atoms with E-state index in [9.17, 15) is 0 Å². The van der Waals surface area contributed by atoms with E-state index < -0.39 is 0 Å². The van der Waals surface area contributed by atoms with Crippen LogP contribution in [0.25, 0.3) is 0 Å². The molecule has 0 aliphatic carbocycles. The fourth-order valence-electron chi connectivity index (χ4n) is 2.53. The van der Waals surface area contributed by atoms with Crippen molar-refractivity contribution in [3.63, 3.8) is 0 Å². The number of likely N-dealkylation sites (N-methyl/N-ethyl adjacent to an activating group) is 1. The predicted octanol–water partition coefficient (Wildman–Crippen LogP) is 0.654. The molecule has 1 aromatic rings. The maximum absolute atomic E-state index is 7.68. The first kappa shape index (κ1) is 14.8. The minimum Gasteiger partial charge on any atom is -0.384 e. The quantitative estimate of drug-likeness (QED) is 0.612. The maximum Gasteiger partial charge on any atom is 0.124 e. The van der Waals surface area contributed by atoms with Gasteiger partial charge in [0, 0.05) is 50.5 Å². The van der Waals surface area contributed by atoms with Crippen LogP contribution >= 0.6 is 0 Å². The van der Waals surface area contributed by atoms with E-state index in [4.69, 9.17) is 11.1 Å². The van der Waals surface area contributed by atoms with Crippen molar-refractivity contribution in [1.29, 1.82) is 5.41 Å². The van der Waals surface area contributed by atoms with Gasteiger partial charge in [-0.05, 0) is 26.2 Å². The number of hydrogen-bond donors (Lipinski definition) is 2. The molecule has 1 heterocycles. The van der Waals surface area contributed by atoms with Gasteiger partial charge >= 0.3 is 0 Å². The van der Waals surface area contributed by atoms with Gasteiger partial charge in [-0.1, -0.05) is 12.1 Å². The molecule has 0 radical (unpaired) electrons. The number of benzene rings is 1. The number of nitrogens with one attached hydrogen (secondary N) is 1. The van der Waals surface area contributed by atoms with E-state index in [-0.39, 0.29) is 5.84 Å². The van der Waals surface area contributed by atoms with Crippen LogP contribution in [0.4, 0.5) is 5.69 Å². The van der Waals surface area contributed by atoms with Gasteiger partial charge in [-0.25, -0.2) is 0 Å². The molecular formula is C15H25N5. The van der Waals surface area contributed by atoms with Crippen LogP contribution in [-0.4, -0.2) is 69.0 Å². The summed E-state index contributed by atoms with van der Waals surface area (Å²) in [5, 5.41) is 7.68. The molecule has 5 nitrogen and oxygen atoms in total. The summed E-state index contributed by atoms with van der Waals surface area (Å²) < 4.78 is 0. The highest BCUT2D eigenvalue weighted by atomic mass is 15.3. The van der Waals surface area contributed by atoms with Gasteiger partial charge in [0.15, 0.2) is 0 Å². The van der Waals surface area contributed by atoms with E-state index in [1.54, 1.807) is 0 Å². The van der Waals surface area contributed by atoms with Gasteiger partial charge in [0.25, 0.3) is 0 Å². The van der Waals surface area contributed by atoms with Crippen molar-refractivity contribution in [1.82, 2.24) is 9.80 Å². The van der Waals surface area contributed by atoms with E-state index in [2.05, 4.69) is 34.9 Å². The molecule has 3 N–H and O–H groups in total. The second kappa shape index (κ2) is 6.72. The van der Waals surface area contributed by atoms with E-state index in [0.717, 1.165) is 50.5 Å². The zero-order chi connectivity index (χ0) is 14.5. The molecule has 0 spiro atoms. The molecule has 5 heteroatoms. The maximum atomic E-state index is 7.68. The third-order valence-electron chi connectivity index (χ3n) is 3.77. The van der Waals surface area contributed by atoms with Gasteiger partial charge < -0.3 is 15.5 Å². The van der Waals surface area contributed by atoms with Crippen LogP contribution < -0.4 is 10.6 Å². The molecule has 0 unspecified atom stereocenters. The molecule has 2 rings (SSSR count). The molecule has 0 saturated carbocycles. The van der Waals surface area contributed by atoms with Gasteiger partial charge in [-0.3, -0.25) is 10.3 Å². The van der Waals surface area contributed by atoms with Gasteiger partial charge in [0.05, 0.1) is 0 Å². The summed E-state index contributed by atoms with van der Waals surface area (Å²) >= 11 is 0. The molecule has 0 atom stereocenters. The largest absolute Gasteiger partial charge is 0.384 e. The van der Waals surface area contributed by atoms with Gasteiger partial charge in [0.1, 0.15) is 5.84 Å². The molecule has 0 aromatic heterocycles. The third kappa shape index (κ3) is 3.71. The summed E-state index contributed by atoms with van der Waals surface area (Å²) in [6, 6.07) is 7.94. The van der Waals surface area contributed by atoms with E-state index >= 15 is 0 Å². The lowest BCUT2D eigenvalue weighted by Crippen LogP contribution is -2.48. The number of hydrogen-bond acceptors (Lipinski definition) is 4. The number of nitrogen functional groups attached to an aromatic ring is 1. The Bertz CT molecular complexity index is 449. The highest BCUT2D eigenvalue weighted by Crippen LogP contribution is 2.21. The molecule has 0 amide bonds. The van der Waals surface area contributed by atoms with E-state index in [1.165, 1.54) is 0 Å². The SMILES string of the molecule is CN(C)CCN1CCN(c2ccccc2C(=N)N)CC1. The zero-order valence-corrected chi connectivity index (χ0v) is 12.5. The first-order valence-electron chi connectivity index (χ1n) is 7.13. The number of piperazine rings is 1. The topological polar surface area (TPSA) is 59.6 Å². The average molecular weight is 275 g/mol. The number of anilines is 1. The van der Waals surface area contributed by atoms with Crippen LogP contribution in [0.5, 0.6) is 0 Å². The first-order valence-corrected chi connectivity index (χ1v) is 7.13. The number of nitrogens with two attached hydrogens (primary N) is 1. The Kier molecular flexibility index (Phi) is 4.98. The van der Waals surface area contributed by atoms with Crippen molar-refractivity contribution in [2.24, 2.45) is 5.73 Å². The molecule has 1 fully saturated rings. The summed E-state index contributed by atoms with van der Waals surface area (Å²) in [4.78, 5) is 7.05. The number of amidine groups is 1. The normalized spacial score (nSPS) is 16.6. The van der Waals surface area contributed by atoms with Crippen molar-refractivity contribution in [2.75, 3.05) is 58.3 Å². The fraction of sp³-hybridized carbons (Fsp3) is 0.533. The molecule has 1 aliphatic rings. The predicted molar refractivity (Wildman–Crippen MR) is 84.7 cm³/mol. The second-order valence-corrected chi connectivity index (χ2v) is 5.56. The van der Waals surface area contributed by atoms with Crippen molar-refractivity contribution < 1.29 is 0 Å². The minimum atomic E-state index is 0.149. The first-order chi connectivity index (χ1) is 9.58. The van der Waals surface area contributed by atoms with E-state index in [0.29, 0.717) is 0 Å². The highest BCUT2D eigenvalue weighted by Gasteiger charge is 2.19. The molecular weight excluding hydrogens is 250 g/mol. The summed E-state index contributed by atoms with van der Waals surface area (Å²) in [5.41, 5.74) is 7.60. The molecule has 1 aliphatic heterocycles. The molecule has 110 valence electrons. The van der Waals surface area contributed by atoms with Gasteiger partial charge in [-0.2, -0.15) is 0 Å². The number of rotatable bonds is 5. The van der Waals surface area contributed by atoms with Crippen molar-refractivity contribution in [3.8, 4) is 0 Å². The number of nitrogens with zero attached hydrogens (tertiary/aromatic N) is 3. The van der Waals surface area contributed by atoms with Crippen molar-refractivity contribution >= 4 is 11.5 Å². The van der Waals surface area contributed by atoms with Crippen LogP contribution in [0, 0.1) is 5.41 Å². The molecule has 0 bridgehead atoms. The summed E-state index contributed by atoms with van der Waals surface area (Å²) in [5.74, 6) is 0.149. The molecule has 20 heavy (non-hydrogen) atoms. The second-order valence-electron chi connectivity index (χ2n) is 5.56. The molecule has 1 aromatic carbocycles. The van der Waals surface area contributed by atoms with Gasteiger partial charge in [0.2, 0.25) is 0 Å². The highest BCUT2D eigenvalue weighted by molar-refractivity contribution is 6.00.